The van der Waals surface area contributed by atoms with Gasteiger partial charge < -0.3 is 4.98 Å². The number of halogens is 1. The molecule has 3 aromatic rings. The molecule has 0 amide bonds. The lowest BCUT2D eigenvalue weighted by Crippen LogP contribution is -2.11. The molecule has 0 aliphatic rings. The number of rotatable bonds is 1. The Kier molecular flexibility index (Phi) is 2.41. The number of nitrogens with one attached hydrogen (secondary N) is 1. The molecule has 0 fully saturated rings. The second kappa shape index (κ2) is 3.96. The van der Waals surface area contributed by atoms with Gasteiger partial charge in [0.2, 0.25) is 0 Å². The molecule has 0 aliphatic carbocycles. The number of hydrogen-bond donors (Lipinski definition) is 1. The molecule has 5 nitrogen and oxygen atoms in total. The number of para-hydroxylation sites is 1. The topological polar surface area (TPSA) is 63.6 Å². The van der Waals surface area contributed by atoms with Crippen LogP contribution in [-0.2, 0) is 0 Å². The van der Waals surface area contributed by atoms with Crippen LogP contribution in [0.5, 0.6) is 0 Å². The summed E-state index contributed by atoms with van der Waals surface area (Å²) in [6.07, 6.45) is 1.34. The monoisotopic (exact) mass is 260 g/mol. The highest BCUT2D eigenvalue weighted by Gasteiger charge is 2.14. The van der Waals surface area contributed by atoms with Crippen molar-refractivity contribution in [2.75, 3.05) is 0 Å². The van der Waals surface area contributed by atoms with Crippen molar-refractivity contribution in [3.05, 3.63) is 51.8 Å². The molecule has 0 aliphatic heterocycles. The number of imidazole rings is 1. The van der Waals surface area contributed by atoms with Crippen LogP contribution in [0.4, 0.5) is 0 Å². The SMILES string of the molecule is Cc1nc2nc[nH]c(=O)c2n1-c1ccccc1Cl. The quantitative estimate of drug-likeness (QED) is 0.728. The van der Waals surface area contributed by atoms with E-state index in [1.807, 2.05) is 25.1 Å². The fourth-order valence-corrected chi connectivity index (χ4v) is 2.18. The van der Waals surface area contributed by atoms with Crippen molar-refractivity contribution in [1.29, 1.82) is 0 Å². The van der Waals surface area contributed by atoms with E-state index in [-0.39, 0.29) is 5.56 Å². The average Bonchev–Trinajstić information content (AvgIpc) is 2.68. The summed E-state index contributed by atoms with van der Waals surface area (Å²) in [5.74, 6) is 0.669. The Balaban J connectivity index is 2.47. The van der Waals surface area contributed by atoms with E-state index in [2.05, 4.69) is 15.0 Å². The maximum atomic E-state index is 11.9. The van der Waals surface area contributed by atoms with E-state index in [0.717, 1.165) is 5.69 Å². The average molecular weight is 261 g/mol. The Morgan fingerprint density at radius 2 is 2.11 bits per heavy atom. The number of hydrogen-bond acceptors (Lipinski definition) is 3. The summed E-state index contributed by atoms with van der Waals surface area (Å²) in [6, 6.07) is 7.30. The van der Waals surface area contributed by atoms with Crippen LogP contribution in [-0.4, -0.2) is 19.5 Å². The Labute approximate surface area is 107 Å². The van der Waals surface area contributed by atoms with Crippen LogP contribution >= 0.6 is 11.6 Å². The molecule has 2 aromatic heterocycles. The zero-order valence-corrected chi connectivity index (χ0v) is 10.3. The van der Waals surface area contributed by atoms with Gasteiger partial charge in [0.25, 0.3) is 5.56 Å². The molecular weight excluding hydrogens is 252 g/mol. The Morgan fingerprint density at radius 1 is 1.33 bits per heavy atom. The molecule has 0 atom stereocenters. The number of H-pyrrole nitrogens is 1. The van der Waals surface area contributed by atoms with E-state index in [4.69, 9.17) is 11.6 Å². The van der Waals surface area contributed by atoms with Crippen LogP contribution in [0.25, 0.3) is 16.9 Å². The van der Waals surface area contributed by atoms with Gasteiger partial charge in [-0.05, 0) is 19.1 Å². The second-order valence-corrected chi connectivity index (χ2v) is 4.26. The third-order valence-electron chi connectivity index (χ3n) is 2.72. The van der Waals surface area contributed by atoms with Crippen LogP contribution in [0.2, 0.25) is 5.02 Å². The zero-order valence-electron chi connectivity index (χ0n) is 9.51. The minimum atomic E-state index is -0.236. The Bertz CT molecular complexity index is 790. The zero-order chi connectivity index (χ0) is 12.7. The first kappa shape index (κ1) is 11.0. The minimum absolute atomic E-state index is 0.236. The number of nitrogens with zero attached hydrogens (tertiary/aromatic N) is 3. The van der Waals surface area contributed by atoms with E-state index in [1.54, 1.807) is 10.6 Å². The van der Waals surface area contributed by atoms with E-state index in [9.17, 15) is 4.79 Å². The molecule has 1 N–H and O–H groups in total. The lowest BCUT2D eigenvalue weighted by molar-refractivity contribution is 0.994. The first-order valence-corrected chi connectivity index (χ1v) is 5.74. The molecule has 0 radical (unpaired) electrons. The molecule has 0 spiro atoms. The van der Waals surface area contributed by atoms with Gasteiger partial charge >= 0.3 is 0 Å². The van der Waals surface area contributed by atoms with Crippen molar-refractivity contribution in [1.82, 2.24) is 19.5 Å². The highest BCUT2D eigenvalue weighted by molar-refractivity contribution is 6.32. The predicted molar refractivity (Wildman–Crippen MR) is 69.2 cm³/mol. The molecular formula is C12H9ClN4O. The highest BCUT2D eigenvalue weighted by atomic mass is 35.5. The fourth-order valence-electron chi connectivity index (χ4n) is 1.96. The van der Waals surface area contributed by atoms with Crippen molar-refractivity contribution in [2.24, 2.45) is 0 Å². The molecule has 0 bridgehead atoms. The third-order valence-corrected chi connectivity index (χ3v) is 3.04. The number of fused-ring (bicyclic) bond motifs is 1. The van der Waals surface area contributed by atoms with Gasteiger partial charge in [0.05, 0.1) is 17.0 Å². The van der Waals surface area contributed by atoms with Crippen LogP contribution in [0.3, 0.4) is 0 Å². The summed E-state index contributed by atoms with van der Waals surface area (Å²) in [5.41, 5.74) is 1.30. The van der Waals surface area contributed by atoms with Crippen molar-refractivity contribution in [3.8, 4) is 5.69 Å². The highest BCUT2D eigenvalue weighted by Crippen LogP contribution is 2.23. The van der Waals surface area contributed by atoms with Gasteiger partial charge in [-0.2, -0.15) is 0 Å². The minimum Gasteiger partial charge on any atom is -0.311 e. The molecule has 0 unspecified atom stereocenters. The normalized spacial score (nSPS) is 11.0. The van der Waals surface area contributed by atoms with Gasteiger partial charge in [-0.25, -0.2) is 9.97 Å². The van der Waals surface area contributed by atoms with Gasteiger partial charge in [0, 0.05) is 0 Å². The van der Waals surface area contributed by atoms with E-state index in [0.29, 0.717) is 22.0 Å². The van der Waals surface area contributed by atoms with E-state index < -0.39 is 0 Å². The largest absolute Gasteiger partial charge is 0.311 e. The molecule has 6 heteroatoms. The predicted octanol–water partition coefficient (Wildman–Crippen LogP) is 2.07. The van der Waals surface area contributed by atoms with E-state index >= 15 is 0 Å². The third kappa shape index (κ3) is 1.52. The van der Waals surface area contributed by atoms with Crippen LogP contribution in [0, 0.1) is 6.92 Å². The first-order valence-electron chi connectivity index (χ1n) is 5.36. The Morgan fingerprint density at radius 3 is 2.89 bits per heavy atom. The second-order valence-electron chi connectivity index (χ2n) is 3.85. The van der Waals surface area contributed by atoms with Gasteiger partial charge in [-0.15, -0.1) is 0 Å². The molecule has 3 rings (SSSR count). The van der Waals surface area contributed by atoms with Gasteiger partial charge in [-0.1, -0.05) is 23.7 Å². The summed E-state index contributed by atoms with van der Waals surface area (Å²) < 4.78 is 1.71. The van der Waals surface area contributed by atoms with Gasteiger partial charge in [0.1, 0.15) is 5.82 Å². The van der Waals surface area contributed by atoms with Gasteiger partial charge in [-0.3, -0.25) is 9.36 Å². The lowest BCUT2D eigenvalue weighted by atomic mass is 10.3. The summed E-state index contributed by atoms with van der Waals surface area (Å²) in [5, 5.41) is 0.558. The number of aromatic nitrogens is 4. The lowest BCUT2D eigenvalue weighted by Gasteiger charge is -2.07. The molecule has 90 valence electrons. The number of aryl methyl sites for hydroxylation is 1. The maximum Gasteiger partial charge on any atom is 0.277 e. The number of aromatic amines is 1. The van der Waals surface area contributed by atoms with E-state index in [1.165, 1.54) is 6.33 Å². The molecule has 2 heterocycles. The van der Waals surface area contributed by atoms with Crippen molar-refractivity contribution < 1.29 is 0 Å². The van der Waals surface area contributed by atoms with Crippen LogP contribution in [0.15, 0.2) is 35.4 Å². The molecule has 18 heavy (non-hydrogen) atoms. The number of benzene rings is 1. The summed E-state index contributed by atoms with van der Waals surface area (Å²) in [4.78, 5) is 22.8. The standard InChI is InChI=1S/C12H9ClN4O/c1-7-16-11-10(12(18)15-6-14-11)17(7)9-5-3-2-4-8(9)13/h2-6H,1H3,(H,14,15,18). The van der Waals surface area contributed by atoms with Crippen LogP contribution < -0.4 is 5.56 Å². The Hall–Kier alpha value is -2.14. The maximum absolute atomic E-state index is 11.9. The van der Waals surface area contributed by atoms with Crippen LogP contribution in [0.1, 0.15) is 5.82 Å². The fraction of sp³-hybridized carbons (Fsp3) is 0.0833. The van der Waals surface area contributed by atoms with Crippen molar-refractivity contribution >= 4 is 22.8 Å². The smallest absolute Gasteiger partial charge is 0.277 e. The molecule has 0 saturated heterocycles. The van der Waals surface area contributed by atoms with Crippen molar-refractivity contribution in [3.63, 3.8) is 0 Å². The first-order chi connectivity index (χ1) is 8.68. The van der Waals surface area contributed by atoms with Gasteiger partial charge in [0.15, 0.2) is 11.2 Å². The summed E-state index contributed by atoms with van der Waals surface area (Å²) in [7, 11) is 0. The van der Waals surface area contributed by atoms with Crippen molar-refractivity contribution in [2.45, 2.75) is 6.92 Å². The molecule has 1 aromatic carbocycles. The summed E-state index contributed by atoms with van der Waals surface area (Å²) in [6.45, 7) is 1.81. The molecule has 0 saturated carbocycles. The summed E-state index contributed by atoms with van der Waals surface area (Å²) >= 11 is 6.16.